The van der Waals surface area contributed by atoms with Crippen LogP contribution >= 0.6 is 0 Å². The molecule has 0 aliphatic rings. The van der Waals surface area contributed by atoms with Crippen LogP contribution in [0, 0.1) is 0 Å². The minimum absolute atomic E-state index is 0.309. The number of aliphatic imine (C=N–C) groups is 2. The number of hydrogen-bond acceptors (Lipinski definition) is 8. The number of hydrogen-bond donors (Lipinski definition) is 0. The molecule has 0 saturated heterocycles. The molecule has 0 N–H and O–H groups in total. The van der Waals surface area contributed by atoms with Crippen LogP contribution in [0.25, 0.3) is 0 Å². The number of benzene rings is 5. The molecule has 5 rings (SSSR count). The summed E-state index contributed by atoms with van der Waals surface area (Å²) in [4.78, 5) is 34.9. The van der Waals surface area contributed by atoms with Crippen LogP contribution in [0.15, 0.2) is 131 Å². The van der Waals surface area contributed by atoms with Crippen LogP contribution in [0.1, 0.15) is 174 Å². The van der Waals surface area contributed by atoms with Crippen LogP contribution in [0.4, 0.5) is 11.4 Å². The zero-order chi connectivity index (χ0) is 46.3. The summed E-state index contributed by atoms with van der Waals surface area (Å²) in [5.74, 6) is 1.44. The predicted octanol–water partition coefficient (Wildman–Crippen LogP) is 16.2. The highest BCUT2D eigenvalue weighted by Gasteiger charge is 2.13. The molecule has 8 nitrogen and oxygen atoms in total. The van der Waals surface area contributed by atoms with Gasteiger partial charge in [-0.1, -0.05) is 129 Å². The fourth-order valence-corrected chi connectivity index (χ4v) is 7.43. The third-order valence-corrected chi connectivity index (χ3v) is 11.5. The summed E-state index contributed by atoms with van der Waals surface area (Å²) in [6, 6.07) is 36.0. The molecule has 0 amide bonds. The van der Waals surface area contributed by atoms with Gasteiger partial charge in [0.15, 0.2) is 0 Å². The first-order valence-electron chi connectivity index (χ1n) is 24.8. The average molecular weight is 893 g/mol. The lowest BCUT2D eigenvalue weighted by Gasteiger charge is -2.07. The van der Waals surface area contributed by atoms with E-state index in [1.165, 1.54) is 116 Å². The van der Waals surface area contributed by atoms with E-state index < -0.39 is 11.9 Å². The first kappa shape index (κ1) is 51.0. The van der Waals surface area contributed by atoms with Crippen LogP contribution in [-0.4, -0.2) is 37.6 Å². The molecule has 0 spiro atoms. The van der Waals surface area contributed by atoms with Crippen molar-refractivity contribution in [1.29, 1.82) is 0 Å². The summed E-state index contributed by atoms with van der Waals surface area (Å²) in [7, 11) is 0. The summed E-state index contributed by atoms with van der Waals surface area (Å²) < 4.78 is 23.0. The third kappa shape index (κ3) is 20.4. The van der Waals surface area contributed by atoms with Crippen molar-refractivity contribution in [1.82, 2.24) is 0 Å². The van der Waals surface area contributed by atoms with E-state index in [9.17, 15) is 9.59 Å². The lowest BCUT2D eigenvalue weighted by atomic mass is 10.1. The van der Waals surface area contributed by atoms with Crippen LogP contribution in [0.2, 0.25) is 0 Å². The Hall–Kier alpha value is -6.02. The van der Waals surface area contributed by atoms with Crippen molar-refractivity contribution in [2.45, 2.75) is 142 Å². The number of unbranched alkanes of at least 4 members (excludes halogenated alkanes) is 18. The molecular formula is C58H72N2O6. The van der Waals surface area contributed by atoms with E-state index >= 15 is 0 Å². The molecule has 0 saturated carbocycles. The fourth-order valence-electron chi connectivity index (χ4n) is 7.43. The molecule has 0 aliphatic heterocycles. The highest BCUT2D eigenvalue weighted by molar-refractivity contribution is 5.95. The number of ether oxygens (including phenoxy) is 4. The zero-order valence-electron chi connectivity index (χ0n) is 39.6. The molecule has 0 fully saturated rings. The maximum Gasteiger partial charge on any atom is 0.343 e. The van der Waals surface area contributed by atoms with E-state index in [1.54, 1.807) is 61.0 Å². The predicted molar refractivity (Wildman–Crippen MR) is 271 cm³/mol. The lowest BCUT2D eigenvalue weighted by molar-refractivity contribution is 0.0720. The molecule has 5 aromatic rings. The van der Waals surface area contributed by atoms with Crippen LogP contribution < -0.4 is 18.9 Å². The summed E-state index contributed by atoms with van der Waals surface area (Å²) in [5.41, 5.74) is 3.99. The van der Waals surface area contributed by atoms with Crippen molar-refractivity contribution in [3.8, 4) is 23.0 Å². The van der Waals surface area contributed by atoms with Gasteiger partial charge in [-0.15, -0.1) is 0 Å². The minimum Gasteiger partial charge on any atom is -0.494 e. The number of nitrogens with zero attached hydrogens (tertiary/aromatic N) is 2. The van der Waals surface area contributed by atoms with Crippen LogP contribution in [-0.2, 0) is 0 Å². The van der Waals surface area contributed by atoms with E-state index in [0.29, 0.717) is 22.6 Å². The van der Waals surface area contributed by atoms with E-state index in [2.05, 4.69) is 23.8 Å². The molecule has 8 heteroatoms. The van der Waals surface area contributed by atoms with Crippen molar-refractivity contribution in [2.24, 2.45) is 9.98 Å². The lowest BCUT2D eigenvalue weighted by Crippen LogP contribution is -2.11. The Kier molecular flexibility index (Phi) is 23.9. The largest absolute Gasteiger partial charge is 0.494 e. The first-order chi connectivity index (χ1) is 32.5. The second kappa shape index (κ2) is 31.0. The highest BCUT2D eigenvalue weighted by atomic mass is 16.5. The van der Waals surface area contributed by atoms with Gasteiger partial charge in [0.2, 0.25) is 0 Å². The third-order valence-electron chi connectivity index (χ3n) is 11.5. The van der Waals surface area contributed by atoms with Gasteiger partial charge in [0.1, 0.15) is 23.0 Å². The fraction of sp³-hybridized carbons (Fsp3) is 0.414. The maximum atomic E-state index is 12.9. The SMILES string of the molecule is CCCCCCCCCCCCOc1ccc(N=Cc2ccc(OC(=O)c3ccc(C(=O)Oc4ccc(C=Nc5ccc(OCCCCCCCCCCCC)cc5)cc4)cc3)cc2)cc1. The van der Waals surface area contributed by atoms with Gasteiger partial charge in [0.05, 0.1) is 35.7 Å². The van der Waals surface area contributed by atoms with Crippen LogP contribution in [0.5, 0.6) is 23.0 Å². The molecule has 0 unspecified atom stereocenters. The van der Waals surface area contributed by atoms with Gasteiger partial charge < -0.3 is 18.9 Å². The summed E-state index contributed by atoms with van der Waals surface area (Å²) in [6.07, 6.45) is 29.6. The number of esters is 2. The Morgan fingerprint density at radius 2 is 0.652 bits per heavy atom. The van der Waals surface area contributed by atoms with Crippen molar-refractivity contribution in [2.75, 3.05) is 13.2 Å². The molecule has 0 bridgehead atoms. The molecule has 350 valence electrons. The monoisotopic (exact) mass is 893 g/mol. The van der Waals surface area contributed by atoms with E-state index in [0.717, 1.165) is 60.1 Å². The summed E-state index contributed by atoms with van der Waals surface area (Å²) in [6.45, 7) is 5.99. The average Bonchev–Trinajstić information content (AvgIpc) is 3.35. The molecule has 0 aliphatic carbocycles. The number of carbonyl (C=O) groups excluding carboxylic acids is 2. The van der Waals surface area contributed by atoms with Crippen LogP contribution in [0.3, 0.4) is 0 Å². The van der Waals surface area contributed by atoms with Gasteiger partial charge in [0, 0.05) is 12.4 Å². The van der Waals surface area contributed by atoms with Gasteiger partial charge in [-0.3, -0.25) is 9.98 Å². The Bertz CT molecular complexity index is 1990. The zero-order valence-corrected chi connectivity index (χ0v) is 39.6. The van der Waals surface area contributed by atoms with Crippen molar-refractivity contribution in [3.63, 3.8) is 0 Å². The molecule has 0 radical (unpaired) electrons. The Morgan fingerprint density at radius 3 is 0.970 bits per heavy atom. The molecule has 5 aromatic carbocycles. The van der Waals surface area contributed by atoms with E-state index in [4.69, 9.17) is 18.9 Å². The topological polar surface area (TPSA) is 95.8 Å². The Morgan fingerprint density at radius 1 is 0.364 bits per heavy atom. The minimum atomic E-state index is -0.534. The molecule has 0 aromatic heterocycles. The smallest absolute Gasteiger partial charge is 0.343 e. The van der Waals surface area contributed by atoms with E-state index in [-0.39, 0.29) is 0 Å². The Balaban J connectivity index is 0.951. The Labute approximate surface area is 394 Å². The van der Waals surface area contributed by atoms with Gasteiger partial charge >= 0.3 is 11.9 Å². The molecule has 66 heavy (non-hydrogen) atoms. The van der Waals surface area contributed by atoms with Gasteiger partial charge in [-0.05, 0) is 145 Å². The normalized spacial score (nSPS) is 11.3. The standard InChI is InChI=1S/C58H72N2O6/c1-3-5-7-9-11-13-15-17-19-21-43-63-53-39-31-51(32-40-53)59-45-47-23-35-55(36-24-47)65-57(61)49-27-29-50(30-28-49)58(62)66-56-37-25-48(26-38-56)46-60-52-33-41-54(42-34-52)64-44-22-20-18-16-14-12-10-8-6-4-2/h23-42,45-46H,3-22,43-44H2,1-2H3. The second-order valence-corrected chi connectivity index (χ2v) is 17.1. The van der Waals surface area contributed by atoms with Gasteiger partial charge in [-0.2, -0.15) is 0 Å². The van der Waals surface area contributed by atoms with Crippen molar-refractivity contribution >= 4 is 35.7 Å². The number of rotatable bonds is 32. The van der Waals surface area contributed by atoms with Crippen molar-refractivity contribution in [3.05, 3.63) is 144 Å². The van der Waals surface area contributed by atoms with Crippen molar-refractivity contribution < 1.29 is 28.5 Å². The molecule has 0 atom stereocenters. The second-order valence-electron chi connectivity index (χ2n) is 17.1. The quantitative estimate of drug-likeness (QED) is 0.0185. The molecular weight excluding hydrogens is 821 g/mol. The summed E-state index contributed by atoms with van der Waals surface area (Å²) >= 11 is 0. The van der Waals surface area contributed by atoms with Gasteiger partial charge in [0.25, 0.3) is 0 Å². The molecule has 0 heterocycles. The number of carbonyl (C=O) groups is 2. The first-order valence-corrected chi connectivity index (χ1v) is 24.8. The van der Waals surface area contributed by atoms with Gasteiger partial charge in [-0.25, -0.2) is 9.59 Å². The van der Waals surface area contributed by atoms with E-state index in [1.807, 2.05) is 72.8 Å². The summed E-state index contributed by atoms with van der Waals surface area (Å²) in [5, 5.41) is 0. The highest BCUT2D eigenvalue weighted by Crippen LogP contribution is 2.22. The maximum absolute atomic E-state index is 12.9.